The van der Waals surface area contributed by atoms with Gasteiger partial charge in [0, 0.05) is 37.0 Å². The van der Waals surface area contributed by atoms with Crippen LogP contribution in [0, 0.1) is 5.92 Å². The van der Waals surface area contributed by atoms with Crippen molar-refractivity contribution >= 4 is 27.3 Å². The minimum Gasteiger partial charge on any atom is -0.356 e. The van der Waals surface area contributed by atoms with E-state index < -0.39 is 10.0 Å². The van der Waals surface area contributed by atoms with Gasteiger partial charge in [0.05, 0.1) is 5.92 Å². The van der Waals surface area contributed by atoms with Crippen LogP contribution in [0.5, 0.6) is 0 Å². The molecule has 1 aliphatic heterocycles. The van der Waals surface area contributed by atoms with Crippen LogP contribution in [0.1, 0.15) is 39.0 Å². The first-order valence-electron chi connectivity index (χ1n) is 9.15. The lowest BCUT2D eigenvalue weighted by Gasteiger charge is -2.30. The molecule has 8 nitrogen and oxygen atoms in total. The Labute approximate surface area is 163 Å². The Balaban J connectivity index is 1.75. The number of rotatable bonds is 7. The number of thiophene rings is 1. The van der Waals surface area contributed by atoms with Crippen LogP contribution >= 0.6 is 11.3 Å². The van der Waals surface area contributed by atoms with E-state index in [0.29, 0.717) is 49.6 Å². The molecule has 27 heavy (non-hydrogen) atoms. The van der Waals surface area contributed by atoms with E-state index in [2.05, 4.69) is 15.5 Å². The molecule has 1 fully saturated rings. The third kappa shape index (κ3) is 4.39. The molecule has 0 bridgehead atoms. The predicted octanol–water partition coefficient (Wildman–Crippen LogP) is 2.29. The minimum absolute atomic E-state index is 0.0671. The quantitative estimate of drug-likeness (QED) is 0.748. The molecule has 1 N–H and O–H groups in total. The average Bonchev–Trinajstić information content (AvgIpc) is 3.35. The first kappa shape index (κ1) is 20.0. The second kappa shape index (κ2) is 8.49. The molecular weight excluding hydrogens is 388 g/mol. The Bertz CT molecular complexity index is 890. The highest BCUT2D eigenvalue weighted by Crippen LogP contribution is 2.31. The van der Waals surface area contributed by atoms with Crippen LogP contribution in [0.2, 0.25) is 0 Å². The summed E-state index contributed by atoms with van der Waals surface area (Å²) in [6.45, 7) is 5.15. The first-order chi connectivity index (χ1) is 13.0. The molecule has 1 aliphatic rings. The van der Waals surface area contributed by atoms with Crippen molar-refractivity contribution in [2.24, 2.45) is 5.92 Å². The fourth-order valence-electron chi connectivity index (χ4n) is 2.98. The number of aryl methyl sites for hydroxylation is 1. The number of carbonyl (C=O) groups excluding carboxylic acids is 1. The van der Waals surface area contributed by atoms with Crippen LogP contribution in [0.3, 0.4) is 0 Å². The lowest BCUT2D eigenvalue weighted by atomic mass is 9.99. The second-order valence-corrected chi connectivity index (χ2v) is 9.59. The normalized spacial score (nSPS) is 18.5. The summed E-state index contributed by atoms with van der Waals surface area (Å²) in [7, 11) is -3.65. The van der Waals surface area contributed by atoms with Gasteiger partial charge in [-0.15, -0.1) is 11.3 Å². The van der Waals surface area contributed by atoms with Crippen molar-refractivity contribution in [3.63, 3.8) is 0 Å². The number of amides is 1. The minimum atomic E-state index is -3.65. The molecular formula is C17H24N4O4S2. The van der Waals surface area contributed by atoms with Crippen molar-refractivity contribution in [3.05, 3.63) is 17.3 Å². The van der Waals surface area contributed by atoms with Gasteiger partial charge in [-0.25, -0.2) is 8.42 Å². The Morgan fingerprint density at radius 1 is 1.44 bits per heavy atom. The Kier molecular flexibility index (Phi) is 6.28. The standard InChI is InChI=1S/C17H24N4O4S2/c1-3-7-18-17(22)12-6-5-8-21(10-12)27(23,24)15-9-13(11-26-15)16-19-14(4-2)25-20-16/h9,11-12H,3-8,10H2,1-2H3,(H,18,22)/t12-/m0/s1. The molecule has 0 aromatic carbocycles. The number of carbonyl (C=O) groups is 1. The van der Waals surface area contributed by atoms with E-state index >= 15 is 0 Å². The molecule has 0 unspecified atom stereocenters. The summed E-state index contributed by atoms with van der Waals surface area (Å²) in [5.74, 6) is 0.531. The molecule has 148 valence electrons. The van der Waals surface area contributed by atoms with E-state index in [0.717, 1.165) is 17.8 Å². The third-order valence-electron chi connectivity index (χ3n) is 4.50. The Hall–Kier alpha value is -1.78. The van der Waals surface area contributed by atoms with Crippen molar-refractivity contribution in [2.45, 2.75) is 43.7 Å². The molecule has 1 saturated heterocycles. The summed E-state index contributed by atoms with van der Waals surface area (Å²) >= 11 is 1.13. The van der Waals surface area contributed by atoms with Gasteiger partial charge in [-0.2, -0.15) is 9.29 Å². The van der Waals surface area contributed by atoms with Crippen LogP contribution in [0.15, 0.2) is 20.2 Å². The van der Waals surface area contributed by atoms with Crippen LogP contribution < -0.4 is 5.32 Å². The maximum Gasteiger partial charge on any atom is 0.252 e. The summed E-state index contributed by atoms with van der Waals surface area (Å²) in [5.41, 5.74) is 0.622. The monoisotopic (exact) mass is 412 g/mol. The van der Waals surface area contributed by atoms with Crippen molar-refractivity contribution in [2.75, 3.05) is 19.6 Å². The molecule has 1 atom stereocenters. The topological polar surface area (TPSA) is 105 Å². The molecule has 2 aromatic heterocycles. The SMILES string of the molecule is CCCNC(=O)[C@H]1CCCN(S(=O)(=O)c2cc(-c3noc(CC)n3)cs2)C1. The highest BCUT2D eigenvalue weighted by molar-refractivity contribution is 7.91. The van der Waals surface area contributed by atoms with Gasteiger partial charge in [-0.3, -0.25) is 4.79 Å². The number of aromatic nitrogens is 2. The van der Waals surface area contributed by atoms with Gasteiger partial charge < -0.3 is 9.84 Å². The van der Waals surface area contributed by atoms with Crippen molar-refractivity contribution < 1.29 is 17.7 Å². The molecule has 0 aliphatic carbocycles. The molecule has 0 spiro atoms. The van der Waals surface area contributed by atoms with Crippen molar-refractivity contribution in [3.8, 4) is 11.4 Å². The van der Waals surface area contributed by atoms with E-state index in [9.17, 15) is 13.2 Å². The number of hydrogen-bond acceptors (Lipinski definition) is 7. The number of piperidine rings is 1. The number of nitrogens with zero attached hydrogens (tertiary/aromatic N) is 3. The maximum absolute atomic E-state index is 13.0. The summed E-state index contributed by atoms with van der Waals surface area (Å²) < 4.78 is 32.8. The predicted molar refractivity (Wildman–Crippen MR) is 102 cm³/mol. The zero-order chi connectivity index (χ0) is 19.4. The number of hydrogen-bond donors (Lipinski definition) is 1. The second-order valence-electron chi connectivity index (χ2n) is 6.51. The zero-order valence-corrected chi connectivity index (χ0v) is 17.1. The molecule has 0 radical (unpaired) electrons. The first-order valence-corrected chi connectivity index (χ1v) is 11.5. The fourth-order valence-corrected chi connectivity index (χ4v) is 5.81. The van der Waals surface area contributed by atoms with Gasteiger partial charge in [-0.05, 0) is 25.3 Å². The highest BCUT2D eigenvalue weighted by Gasteiger charge is 2.34. The van der Waals surface area contributed by atoms with Crippen LogP contribution in [0.25, 0.3) is 11.4 Å². The zero-order valence-electron chi connectivity index (χ0n) is 15.5. The number of nitrogens with one attached hydrogen (secondary N) is 1. The van der Waals surface area contributed by atoms with E-state index in [1.165, 1.54) is 4.31 Å². The Morgan fingerprint density at radius 2 is 2.26 bits per heavy atom. The molecule has 1 amide bonds. The van der Waals surface area contributed by atoms with Crippen LogP contribution in [0.4, 0.5) is 0 Å². The lowest BCUT2D eigenvalue weighted by Crippen LogP contribution is -2.45. The van der Waals surface area contributed by atoms with Crippen molar-refractivity contribution in [1.82, 2.24) is 19.8 Å². The van der Waals surface area contributed by atoms with Gasteiger partial charge in [0.1, 0.15) is 4.21 Å². The lowest BCUT2D eigenvalue weighted by molar-refractivity contribution is -0.126. The molecule has 10 heteroatoms. The summed E-state index contributed by atoms with van der Waals surface area (Å²) in [5, 5.41) is 8.47. The summed E-state index contributed by atoms with van der Waals surface area (Å²) in [6.07, 6.45) is 2.86. The van der Waals surface area contributed by atoms with Gasteiger partial charge in [0.25, 0.3) is 10.0 Å². The smallest absolute Gasteiger partial charge is 0.252 e. The molecule has 2 aromatic rings. The van der Waals surface area contributed by atoms with Crippen LogP contribution in [-0.2, 0) is 21.2 Å². The fraction of sp³-hybridized carbons (Fsp3) is 0.588. The maximum atomic E-state index is 13.0. The van der Waals surface area contributed by atoms with Gasteiger partial charge in [0.2, 0.25) is 17.6 Å². The number of sulfonamides is 1. The van der Waals surface area contributed by atoms with Gasteiger partial charge >= 0.3 is 0 Å². The molecule has 3 rings (SSSR count). The van der Waals surface area contributed by atoms with E-state index in [-0.39, 0.29) is 22.6 Å². The summed E-state index contributed by atoms with van der Waals surface area (Å²) in [6, 6.07) is 1.57. The van der Waals surface area contributed by atoms with Gasteiger partial charge in [-0.1, -0.05) is 19.0 Å². The van der Waals surface area contributed by atoms with Gasteiger partial charge in [0.15, 0.2) is 0 Å². The average molecular weight is 413 g/mol. The molecule has 0 saturated carbocycles. The highest BCUT2D eigenvalue weighted by atomic mass is 32.2. The third-order valence-corrected chi connectivity index (χ3v) is 7.78. The van der Waals surface area contributed by atoms with Crippen molar-refractivity contribution in [1.29, 1.82) is 0 Å². The molecule has 3 heterocycles. The summed E-state index contributed by atoms with van der Waals surface area (Å²) in [4.78, 5) is 16.5. The Morgan fingerprint density at radius 3 is 2.96 bits per heavy atom. The van der Waals surface area contributed by atoms with E-state index in [1.54, 1.807) is 11.4 Å². The van der Waals surface area contributed by atoms with E-state index in [4.69, 9.17) is 4.52 Å². The van der Waals surface area contributed by atoms with Crippen LogP contribution in [-0.4, -0.2) is 48.4 Å². The van der Waals surface area contributed by atoms with E-state index in [1.807, 2.05) is 13.8 Å². The largest absolute Gasteiger partial charge is 0.356 e.